The van der Waals surface area contributed by atoms with Crippen LogP contribution in [0.2, 0.25) is 0 Å². The van der Waals surface area contributed by atoms with Crippen LogP contribution in [-0.2, 0) is 23.1 Å². The van der Waals surface area contributed by atoms with E-state index in [1.165, 1.54) is 10.4 Å². The fourth-order valence-electron chi connectivity index (χ4n) is 3.34. The van der Waals surface area contributed by atoms with Crippen LogP contribution in [0.4, 0.5) is 0 Å². The van der Waals surface area contributed by atoms with Gasteiger partial charge in [-0.3, -0.25) is 9.89 Å². The maximum absolute atomic E-state index is 13.0. The highest BCUT2D eigenvalue weighted by molar-refractivity contribution is 7.89. The molecule has 0 unspecified atom stereocenters. The van der Waals surface area contributed by atoms with Crippen molar-refractivity contribution in [2.75, 3.05) is 13.1 Å². The number of rotatable bonds is 6. The fraction of sp³-hybridized carbons (Fsp3) is 0.500. The second-order valence-corrected chi connectivity index (χ2v) is 9.11. The van der Waals surface area contributed by atoms with E-state index >= 15 is 0 Å². The molecular weight excluding hydrogens is 398 g/mol. The summed E-state index contributed by atoms with van der Waals surface area (Å²) < 4.78 is 29.8. The Balaban J connectivity index is 1.80. The zero-order valence-corrected chi connectivity index (χ0v) is 17.7. The molecule has 0 saturated carbocycles. The van der Waals surface area contributed by atoms with Gasteiger partial charge >= 0.3 is 0 Å². The Labute approximate surface area is 170 Å². The lowest BCUT2D eigenvalue weighted by atomic mass is 10.1. The number of carbonyl (C=O) groups excluding carboxylic acids is 1. The lowest BCUT2D eigenvalue weighted by molar-refractivity contribution is 0.0949. The SMILES string of the molecule is CCn1c(CNC(=O)c2ccc(C)c(S(=O)(=O)N3CCCCC3)c2)n[nH]c1=S. The van der Waals surface area contributed by atoms with Gasteiger partial charge in [0.2, 0.25) is 10.0 Å². The number of aromatic amines is 1. The van der Waals surface area contributed by atoms with Crippen molar-refractivity contribution in [1.29, 1.82) is 0 Å². The minimum absolute atomic E-state index is 0.193. The van der Waals surface area contributed by atoms with E-state index in [4.69, 9.17) is 12.2 Å². The molecule has 0 spiro atoms. The largest absolute Gasteiger partial charge is 0.345 e. The molecule has 1 amide bonds. The minimum atomic E-state index is -3.61. The van der Waals surface area contributed by atoms with E-state index in [0.717, 1.165) is 19.3 Å². The number of H-pyrrole nitrogens is 1. The third-order valence-corrected chi connectivity index (χ3v) is 7.30. The molecule has 1 aliphatic heterocycles. The van der Waals surface area contributed by atoms with Crippen molar-refractivity contribution in [2.45, 2.75) is 51.1 Å². The molecule has 10 heteroatoms. The summed E-state index contributed by atoms with van der Waals surface area (Å²) in [4.78, 5) is 12.8. The first-order chi connectivity index (χ1) is 13.3. The normalized spacial score (nSPS) is 15.5. The first kappa shape index (κ1) is 20.7. The van der Waals surface area contributed by atoms with Gasteiger partial charge in [0, 0.05) is 25.2 Å². The molecule has 28 heavy (non-hydrogen) atoms. The summed E-state index contributed by atoms with van der Waals surface area (Å²) in [7, 11) is -3.61. The van der Waals surface area contributed by atoms with E-state index in [1.807, 2.05) is 6.92 Å². The van der Waals surface area contributed by atoms with Crippen molar-refractivity contribution in [2.24, 2.45) is 0 Å². The number of aromatic nitrogens is 3. The molecule has 1 fully saturated rings. The van der Waals surface area contributed by atoms with Crippen molar-refractivity contribution in [1.82, 2.24) is 24.4 Å². The van der Waals surface area contributed by atoms with Gasteiger partial charge in [-0.2, -0.15) is 9.40 Å². The summed E-state index contributed by atoms with van der Waals surface area (Å²) in [5.74, 6) is 0.265. The van der Waals surface area contributed by atoms with E-state index in [-0.39, 0.29) is 17.3 Å². The van der Waals surface area contributed by atoms with E-state index < -0.39 is 10.0 Å². The van der Waals surface area contributed by atoms with Crippen LogP contribution in [0.1, 0.15) is 47.9 Å². The van der Waals surface area contributed by atoms with Gasteiger partial charge in [-0.25, -0.2) is 8.42 Å². The van der Waals surface area contributed by atoms with Gasteiger partial charge < -0.3 is 9.88 Å². The summed E-state index contributed by atoms with van der Waals surface area (Å²) in [5, 5.41) is 9.60. The number of nitrogens with one attached hydrogen (secondary N) is 2. The van der Waals surface area contributed by atoms with Crippen LogP contribution in [0.5, 0.6) is 0 Å². The molecule has 152 valence electrons. The summed E-state index contributed by atoms with van der Waals surface area (Å²) in [6.07, 6.45) is 2.78. The molecule has 8 nitrogen and oxygen atoms in total. The monoisotopic (exact) mass is 423 g/mol. The number of piperidine rings is 1. The van der Waals surface area contributed by atoms with E-state index in [2.05, 4.69) is 15.5 Å². The molecule has 2 heterocycles. The molecule has 2 N–H and O–H groups in total. The molecule has 1 saturated heterocycles. The van der Waals surface area contributed by atoms with Crippen LogP contribution < -0.4 is 5.32 Å². The lowest BCUT2D eigenvalue weighted by Gasteiger charge is -2.26. The number of hydrogen-bond acceptors (Lipinski definition) is 5. The quantitative estimate of drug-likeness (QED) is 0.695. The maximum Gasteiger partial charge on any atom is 0.251 e. The van der Waals surface area contributed by atoms with E-state index in [1.54, 1.807) is 23.6 Å². The standard InChI is InChI=1S/C18H25N5O3S2/c1-3-23-16(20-21-18(23)27)12-19-17(24)14-8-7-13(2)15(11-14)28(25,26)22-9-5-4-6-10-22/h7-8,11H,3-6,9-10,12H2,1-2H3,(H,19,24)(H,21,27). The van der Waals surface area contributed by atoms with Gasteiger partial charge in [-0.1, -0.05) is 12.5 Å². The van der Waals surface area contributed by atoms with Gasteiger partial charge in [-0.05, 0) is 56.6 Å². The average Bonchev–Trinajstić information content (AvgIpc) is 3.06. The summed E-state index contributed by atoms with van der Waals surface area (Å²) in [5.41, 5.74) is 0.937. The zero-order valence-electron chi connectivity index (χ0n) is 16.1. The number of aryl methyl sites for hydroxylation is 1. The molecule has 3 rings (SSSR count). The second-order valence-electron chi connectivity index (χ2n) is 6.82. The number of benzene rings is 1. The van der Waals surface area contributed by atoms with Crippen LogP contribution >= 0.6 is 12.2 Å². The minimum Gasteiger partial charge on any atom is -0.345 e. The van der Waals surface area contributed by atoms with Crippen molar-refractivity contribution < 1.29 is 13.2 Å². The molecule has 0 radical (unpaired) electrons. The number of carbonyl (C=O) groups is 1. The highest BCUT2D eigenvalue weighted by Gasteiger charge is 2.28. The second kappa shape index (κ2) is 8.54. The van der Waals surface area contributed by atoms with Crippen molar-refractivity contribution in [3.05, 3.63) is 39.9 Å². The van der Waals surface area contributed by atoms with Gasteiger partial charge in [0.25, 0.3) is 5.91 Å². The molecule has 0 aliphatic carbocycles. The maximum atomic E-state index is 13.0. The average molecular weight is 424 g/mol. The molecule has 1 aromatic carbocycles. The van der Waals surface area contributed by atoms with Crippen LogP contribution in [-0.4, -0.2) is 46.5 Å². The molecular formula is C18H25N5O3S2. The smallest absolute Gasteiger partial charge is 0.251 e. The van der Waals surface area contributed by atoms with Crippen LogP contribution in [0, 0.1) is 11.7 Å². The number of nitrogens with zero attached hydrogens (tertiary/aromatic N) is 3. The molecule has 0 bridgehead atoms. The van der Waals surface area contributed by atoms with Crippen LogP contribution in [0.3, 0.4) is 0 Å². The summed E-state index contributed by atoms with van der Waals surface area (Å²) >= 11 is 5.14. The first-order valence-corrected chi connectivity index (χ1v) is 11.2. The molecule has 1 aromatic heterocycles. The van der Waals surface area contributed by atoms with Gasteiger partial charge in [-0.15, -0.1) is 0 Å². The highest BCUT2D eigenvalue weighted by Crippen LogP contribution is 2.24. The summed E-state index contributed by atoms with van der Waals surface area (Å²) in [6.45, 7) is 5.58. The zero-order chi connectivity index (χ0) is 20.3. The third kappa shape index (κ3) is 4.18. The van der Waals surface area contributed by atoms with Crippen LogP contribution in [0.25, 0.3) is 0 Å². The third-order valence-electron chi connectivity index (χ3n) is 4.94. The number of sulfonamides is 1. The highest BCUT2D eigenvalue weighted by atomic mass is 32.2. The number of hydrogen-bond donors (Lipinski definition) is 2. The van der Waals surface area contributed by atoms with Crippen molar-refractivity contribution in [3.8, 4) is 0 Å². The Morgan fingerprint density at radius 3 is 2.68 bits per heavy atom. The van der Waals surface area contributed by atoms with Crippen LogP contribution in [0.15, 0.2) is 23.1 Å². The Morgan fingerprint density at radius 1 is 1.29 bits per heavy atom. The van der Waals surface area contributed by atoms with Crippen molar-refractivity contribution >= 4 is 28.1 Å². The van der Waals surface area contributed by atoms with Gasteiger partial charge in [0.15, 0.2) is 10.6 Å². The van der Waals surface area contributed by atoms with Gasteiger partial charge in [0.05, 0.1) is 11.4 Å². The fourth-order valence-corrected chi connectivity index (χ4v) is 5.38. The van der Waals surface area contributed by atoms with Crippen molar-refractivity contribution in [3.63, 3.8) is 0 Å². The molecule has 1 aliphatic rings. The predicted octanol–water partition coefficient (Wildman–Crippen LogP) is 2.37. The Morgan fingerprint density at radius 2 is 2.00 bits per heavy atom. The van der Waals surface area contributed by atoms with Gasteiger partial charge in [0.1, 0.15) is 0 Å². The van der Waals surface area contributed by atoms with E-state index in [9.17, 15) is 13.2 Å². The predicted molar refractivity (Wildman–Crippen MR) is 108 cm³/mol. The van der Waals surface area contributed by atoms with E-state index in [0.29, 0.717) is 41.4 Å². The Bertz CT molecular complexity index is 1020. The number of amides is 1. The Kier molecular flexibility index (Phi) is 6.31. The Hall–Kier alpha value is -2.04. The molecule has 0 atom stereocenters. The topological polar surface area (TPSA) is 100 Å². The lowest BCUT2D eigenvalue weighted by Crippen LogP contribution is -2.36. The first-order valence-electron chi connectivity index (χ1n) is 9.37. The molecule has 2 aromatic rings. The summed E-state index contributed by atoms with van der Waals surface area (Å²) in [6, 6.07) is 4.77.